The number of hydrogen-bond donors (Lipinski definition) is 1. The van der Waals surface area contributed by atoms with E-state index in [2.05, 4.69) is 5.10 Å². The van der Waals surface area contributed by atoms with Gasteiger partial charge in [-0.1, -0.05) is 13.0 Å². The zero-order valence-electron chi connectivity index (χ0n) is 16.1. The van der Waals surface area contributed by atoms with Crippen molar-refractivity contribution in [2.45, 2.75) is 39.5 Å². The van der Waals surface area contributed by atoms with Gasteiger partial charge in [0.25, 0.3) is 5.91 Å². The smallest absolute Gasteiger partial charge is 0.306 e. The van der Waals surface area contributed by atoms with Crippen LogP contribution in [0.25, 0.3) is 5.69 Å². The predicted molar refractivity (Wildman–Crippen MR) is 101 cm³/mol. The van der Waals surface area contributed by atoms with Crippen LogP contribution in [0.3, 0.4) is 0 Å². The molecule has 2 atom stereocenters. The summed E-state index contributed by atoms with van der Waals surface area (Å²) in [6, 6.07) is 5.00. The fourth-order valence-electron chi connectivity index (χ4n) is 4.44. The van der Waals surface area contributed by atoms with Crippen molar-refractivity contribution in [1.82, 2.24) is 14.7 Å². The van der Waals surface area contributed by atoms with Crippen LogP contribution in [0.15, 0.2) is 18.2 Å². The quantitative estimate of drug-likeness (QED) is 0.881. The van der Waals surface area contributed by atoms with Crippen molar-refractivity contribution in [1.29, 1.82) is 0 Å². The number of likely N-dealkylation sites (tertiary alicyclic amines) is 1. The number of rotatable bonds is 3. The molecule has 0 saturated carbocycles. The second-order valence-electron chi connectivity index (χ2n) is 7.96. The van der Waals surface area contributed by atoms with Gasteiger partial charge >= 0.3 is 5.97 Å². The average molecular weight is 385 g/mol. The van der Waals surface area contributed by atoms with Crippen LogP contribution in [0.1, 0.15) is 47.1 Å². The molecule has 7 heteroatoms. The van der Waals surface area contributed by atoms with E-state index in [0.29, 0.717) is 30.9 Å². The van der Waals surface area contributed by atoms with Crippen LogP contribution >= 0.6 is 0 Å². The molecule has 1 fully saturated rings. The van der Waals surface area contributed by atoms with Crippen LogP contribution in [0, 0.1) is 24.6 Å². The summed E-state index contributed by atoms with van der Waals surface area (Å²) in [5.74, 6) is -1.87. The van der Waals surface area contributed by atoms with E-state index >= 15 is 0 Å². The van der Waals surface area contributed by atoms with E-state index in [1.54, 1.807) is 15.6 Å². The summed E-state index contributed by atoms with van der Waals surface area (Å²) in [5.41, 5.74) is 3.38. The molecule has 4 rings (SSSR count). The molecule has 28 heavy (non-hydrogen) atoms. The molecule has 1 N–H and O–H groups in total. The number of carbonyl (C=O) groups excluding carboxylic acids is 1. The molecule has 1 amide bonds. The number of carboxylic acids is 1. The van der Waals surface area contributed by atoms with Gasteiger partial charge in [-0.2, -0.15) is 5.10 Å². The number of nitrogens with zero attached hydrogens (tertiary/aromatic N) is 3. The summed E-state index contributed by atoms with van der Waals surface area (Å²) in [5, 5.41) is 13.8. The SMILES string of the molecule is Cc1ccc(-n2nc(C(=O)N3CCC(C(=O)O)C(C)C3)c3c2CCC3)c(F)c1. The Hall–Kier alpha value is -2.70. The molecule has 2 aliphatic rings. The van der Waals surface area contributed by atoms with Gasteiger partial charge in [-0.3, -0.25) is 9.59 Å². The minimum atomic E-state index is -0.806. The number of fused-ring (bicyclic) bond motifs is 1. The van der Waals surface area contributed by atoms with Crippen molar-refractivity contribution >= 4 is 11.9 Å². The summed E-state index contributed by atoms with van der Waals surface area (Å²) >= 11 is 0. The van der Waals surface area contributed by atoms with Gasteiger partial charge < -0.3 is 10.0 Å². The third kappa shape index (κ3) is 3.08. The second-order valence-corrected chi connectivity index (χ2v) is 7.96. The Morgan fingerprint density at radius 3 is 2.75 bits per heavy atom. The van der Waals surface area contributed by atoms with Crippen molar-refractivity contribution in [2.75, 3.05) is 13.1 Å². The van der Waals surface area contributed by atoms with E-state index in [1.165, 1.54) is 6.07 Å². The van der Waals surface area contributed by atoms with E-state index in [1.807, 2.05) is 19.9 Å². The minimum absolute atomic E-state index is 0.111. The van der Waals surface area contributed by atoms with Gasteiger partial charge in [-0.15, -0.1) is 0 Å². The molecular weight excluding hydrogens is 361 g/mol. The van der Waals surface area contributed by atoms with E-state index in [0.717, 1.165) is 36.1 Å². The maximum Gasteiger partial charge on any atom is 0.306 e. The maximum atomic E-state index is 14.5. The molecular formula is C21H24FN3O3. The molecule has 1 aromatic carbocycles. The molecule has 1 aliphatic heterocycles. The molecule has 6 nitrogen and oxygen atoms in total. The summed E-state index contributed by atoms with van der Waals surface area (Å²) in [6.45, 7) is 4.50. The van der Waals surface area contributed by atoms with Crippen LogP contribution in [-0.4, -0.2) is 44.8 Å². The van der Waals surface area contributed by atoms with Gasteiger partial charge in [0, 0.05) is 24.3 Å². The van der Waals surface area contributed by atoms with Crippen molar-refractivity contribution in [3.63, 3.8) is 0 Å². The van der Waals surface area contributed by atoms with E-state index in [4.69, 9.17) is 0 Å². The summed E-state index contributed by atoms with van der Waals surface area (Å²) in [4.78, 5) is 26.2. The number of hydrogen-bond acceptors (Lipinski definition) is 3. The lowest BCUT2D eigenvalue weighted by molar-refractivity contribution is -0.145. The highest BCUT2D eigenvalue weighted by molar-refractivity contribution is 5.94. The topological polar surface area (TPSA) is 75.4 Å². The van der Waals surface area contributed by atoms with Crippen molar-refractivity contribution in [2.24, 2.45) is 11.8 Å². The molecule has 2 aromatic rings. The third-order valence-corrected chi connectivity index (χ3v) is 5.97. The Labute approximate surface area is 163 Å². The van der Waals surface area contributed by atoms with E-state index in [9.17, 15) is 19.1 Å². The Kier molecular flexibility index (Phi) is 4.69. The van der Waals surface area contributed by atoms with Crippen LogP contribution in [0.5, 0.6) is 0 Å². The molecule has 1 aliphatic carbocycles. The number of carbonyl (C=O) groups is 2. The largest absolute Gasteiger partial charge is 0.481 e. The highest BCUT2D eigenvalue weighted by atomic mass is 19.1. The Morgan fingerprint density at radius 1 is 1.29 bits per heavy atom. The van der Waals surface area contributed by atoms with Gasteiger partial charge in [0.2, 0.25) is 0 Å². The number of piperidine rings is 1. The first-order valence-corrected chi connectivity index (χ1v) is 9.76. The zero-order chi connectivity index (χ0) is 20.0. The van der Waals surface area contributed by atoms with Gasteiger partial charge in [0.05, 0.1) is 5.92 Å². The molecule has 0 radical (unpaired) electrons. The molecule has 1 saturated heterocycles. The molecule has 2 unspecified atom stereocenters. The summed E-state index contributed by atoms with van der Waals surface area (Å²) < 4.78 is 16.1. The normalized spacial score (nSPS) is 21.6. The number of aromatic nitrogens is 2. The number of carboxylic acid groups (broad SMARTS) is 1. The lowest BCUT2D eigenvalue weighted by Gasteiger charge is -2.34. The Bertz CT molecular complexity index is 953. The van der Waals surface area contributed by atoms with Gasteiger partial charge in [-0.25, -0.2) is 9.07 Å². The minimum Gasteiger partial charge on any atom is -0.481 e. The fourth-order valence-corrected chi connectivity index (χ4v) is 4.44. The fraction of sp³-hybridized carbons (Fsp3) is 0.476. The number of aryl methyl sites for hydroxylation is 1. The molecule has 1 aromatic heterocycles. The van der Waals surface area contributed by atoms with Crippen molar-refractivity contribution < 1.29 is 19.1 Å². The van der Waals surface area contributed by atoms with Crippen molar-refractivity contribution in [3.8, 4) is 5.69 Å². The second kappa shape index (κ2) is 7.04. The van der Waals surface area contributed by atoms with Crippen molar-refractivity contribution in [3.05, 3.63) is 46.5 Å². The number of benzene rings is 1. The first-order chi connectivity index (χ1) is 13.4. The summed E-state index contributed by atoms with van der Waals surface area (Å²) in [7, 11) is 0. The molecule has 148 valence electrons. The first-order valence-electron chi connectivity index (χ1n) is 9.76. The van der Waals surface area contributed by atoms with Gasteiger partial charge in [0.15, 0.2) is 5.69 Å². The molecule has 2 heterocycles. The maximum absolute atomic E-state index is 14.5. The Morgan fingerprint density at radius 2 is 2.07 bits per heavy atom. The predicted octanol–water partition coefficient (Wildman–Crippen LogP) is 2.99. The van der Waals surface area contributed by atoms with Crippen LogP contribution in [0.4, 0.5) is 4.39 Å². The van der Waals surface area contributed by atoms with E-state index < -0.39 is 11.9 Å². The Balaban J connectivity index is 1.66. The highest BCUT2D eigenvalue weighted by Gasteiger charge is 2.36. The number of aliphatic carboxylic acids is 1. The van der Waals surface area contributed by atoms with E-state index in [-0.39, 0.29) is 17.6 Å². The number of halogens is 1. The average Bonchev–Trinajstić information content (AvgIpc) is 3.24. The number of amides is 1. The lowest BCUT2D eigenvalue weighted by atomic mass is 9.87. The highest BCUT2D eigenvalue weighted by Crippen LogP contribution is 2.31. The van der Waals surface area contributed by atoms with Crippen LogP contribution < -0.4 is 0 Å². The van der Waals surface area contributed by atoms with Gasteiger partial charge in [-0.05, 0) is 56.2 Å². The monoisotopic (exact) mass is 385 g/mol. The molecule has 0 bridgehead atoms. The third-order valence-electron chi connectivity index (χ3n) is 5.97. The first kappa shape index (κ1) is 18.7. The van der Waals surface area contributed by atoms with Crippen LogP contribution in [0.2, 0.25) is 0 Å². The standard InChI is InChI=1S/C21H24FN3O3/c1-12-6-7-18(16(22)10-12)25-17-5-3-4-15(17)19(23-25)20(26)24-9-8-14(21(27)28)13(2)11-24/h6-7,10,13-14H,3-5,8-9,11H2,1-2H3,(H,27,28). The molecule has 0 spiro atoms. The zero-order valence-corrected chi connectivity index (χ0v) is 16.1. The summed E-state index contributed by atoms with van der Waals surface area (Å²) in [6.07, 6.45) is 2.88. The van der Waals surface area contributed by atoms with Gasteiger partial charge in [0.1, 0.15) is 11.5 Å². The lowest BCUT2D eigenvalue weighted by Crippen LogP contribution is -2.45. The van der Waals surface area contributed by atoms with Crippen LogP contribution in [-0.2, 0) is 17.6 Å².